The molecule has 4 heteroatoms. The van der Waals surface area contributed by atoms with Gasteiger partial charge in [-0.15, -0.1) is 0 Å². The molecule has 0 aliphatic carbocycles. The highest BCUT2D eigenvalue weighted by Crippen LogP contribution is 1.99. The summed E-state index contributed by atoms with van der Waals surface area (Å²) >= 11 is 0. The lowest BCUT2D eigenvalue weighted by Gasteiger charge is -2.20. The van der Waals surface area contributed by atoms with E-state index in [1.807, 2.05) is 13.8 Å². The van der Waals surface area contributed by atoms with Gasteiger partial charge in [0, 0.05) is 25.0 Å². The number of aliphatic hydroxyl groups excluding tert-OH is 1. The number of hydrogen-bond donors (Lipinski definition) is 3. The summed E-state index contributed by atoms with van der Waals surface area (Å²) in [5.74, 6) is 0.157. The van der Waals surface area contributed by atoms with Gasteiger partial charge in [0.05, 0.1) is 6.10 Å². The maximum absolute atomic E-state index is 11.4. The van der Waals surface area contributed by atoms with Crippen LogP contribution in [0.1, 0.15) is 41.0 Å². The van der Waals surface area contributed by atoms with Gasteiger partial charge in [0.15, 0.2) is 0 Å². The van der Waals surface area contributed by atoms with Crippen LogP contribution in [0.4, 0.5) is 0 Å². The quantitative estimate of drug-likeness (QED) is 0.635. The molecular weight excluding hydrogens is 204 g/mol. The number of nitrogens with one attached hydrogen (secondary N) is 2. The predicted molar refractivity (Wildman–Crippen MR) is 66.2 cm³/mol. The molecular formula is C12H26N2O2. The highest BCUT2D eigenvalue weighted by atomic mass is 16.3. The lowest BCUT2D eigenvalue weighted by Crippen LogP contribution is -2.40. The summed E-state index contributed by atoms with van der Waals surface area (Å²) in [5, 5.41) is 15.5. The van der Waals surface area contributed by atoms with Gasteiger partial charge in [-0.05, 0) is 26.7 Å². The van der Waals surface area contributed by atoms with Crippen LogP contribution in [0.15, 0.2) is 0 Å². The number of carbonyl (C=O) groups is 1. The third-order valence-electron chi connectivity index (χ3n) is 2.29. The minimum absolute atomic E-state index is 0.0172. The Balaban J connectivity index is 3.60. The minimum Gasteiger partial charge on any atom is -0.391 e. The molecule has 0 bridgehead atoms. The first-order valence-electron chi connectivity index (χ1n) is 5.92. The summed E-state index contributed by atoms with van der Waals surface area (Å²) in [5.41, 5.74) is 0.0394. The van der Waals surface area contributed by atoms with Crippen molar-refractivity contribution in [3.63, 3.8) is 0 Å². The van der Waals surface area contributed by atoms with Gasteiger partial charge in [-0.3, -0.25) is 4.79 Å². The molecule has 0 aliphatic heterocycles. The van der Waals surface area contributed by atoms with E-state index < -0.39 is 6.10 Å². The molecule has 0 saturated carbocycles. The first-order chi connectivity index (χ1) is 7.22. The van der Waals surface area contributed by atoms with Gasteiger partial charge in [0.2, 0.25) is 5.91 Å². The molecule has 3 N–H and O–H groups in total. The van der Waals surface area contributed by atoms with Gasteiger partial charge < -0.3 is 15.7 Å². The topological polar surface area (TPSA) is 61.4 Å². The van der Waals surface area contributed by atoms with Crippen molar-refractivity contribution in [2.24, 2.45) is 5.92 Å². The first kappa shape index (κ1) is 15.4. The van der Waals surface area contributed by atoms with E-state index >= 15 is 0 Å². The fourth-order valence-electron chi connectivity index (χ4n) is 1.09. The van der Waals surface area contributed by atoms with Crippen molar-refractivity contribution in [1.82, 2.24) is 10.6 Å². The van der Waals surface area contributed by atoms with Gasteiger partial charge in [0.1, 0.15) is 0 Å². The molecule has 1 atom stereocenters. The number of rotatable bonds is 6. The monoisotopic (exact) mass is 230 g/mol. The lowest BCUT2D eigenvalue weighted by molar-refractivity contribution is -0.121. The summed E-state index contributed by atoms with van der Waals surface area (Å²) in [6, 6.07) is 0. The SMILES string of the molecule is CC(C)C(O)CNC(=O)CCNC(C)(C)C. The molecule has 0 fully saturated rings. The maximum Gasteiger partial charge on any atom is 0.221 e. The zero-order valence-corrected chi connectivity index (χ0v) is 11.1. The van der Waals surface area contributed by atoms with Crippen molar-refractivity contribution in [2.45, 2.75) is 52.7 Å². The normalized spacial score (nSPS) is 13.9. The van der Waals surface area contributed by atoms with Crippen molar-refractivity contribution in [1.29, 1.82) is 0 Å². The number of carbonyl (C=O) groups excluding carboxylic acids is 1. The lowest BCUT2D eigenvalue weighted by atomic mass is 10.1. The molecule has 0 spiro atoms. The maximum atomic E-state index is 11.4. The Morgan fingerprint density at radius 3 is 2.31 bits per heavy atom. The summed E-state index contributed by atoms with van der Waals surface area (Å²) in [6.07, 6.45) is -0.0123. The fraction of sp³-hybridized carbons (Fsp3) is 0.917. The van der Waals surface area contributed by atoms with Crippen LogP contribution in [0.5, 0.6) is 0 Å². The minimum atomic E-state index is -0.459. The van der Waals surface area contributed by atoms with E-state index in [-0.39, 0.29) is 17.4 Å². The molecule has 96 valence electrons. The van der Waals surface area contributed by atoms with Crippen LogP contribution in [-0.4, -0.2) is 35.7 Å². The van der Waals surface area contributed by atoms with Crippen molar-refractivity contribution in [2.75, 3.05) is 13.1 Å². The molecule has 0 aliphatic rings. The van der Waals surface area contributed by atoms with Crippen LogP contribution < -0.4 is 10.6 Å². The molecule has 0 rings (SSSR count). The predicted octanol–water partition coefficient (Wildman–Crippen LogP) is 0.898. The standard InChI is InChI=1S/C12H26N2O2/c1-9(2)10(15)8-13-11(16)6-7-14-12(3,4)5/h9-10,14-15H,6-8H2,1-5H3,(H,13,16). The van der Waals surface area contributed by atoms with Crippen LogP contribution in [0.3, 0.4) is 0 Å². The third kappa shape index (κ3) is 8.68. The van der Waals surface area contributed by atoms with Crippen molar-refractivity contribution in [3.05, 3.63) is 0 Å². The van der Waals surface area contributed by atoms with Crippen LogP contribution in [-0.2, 0) is 4.79 Å². The van der Waals surface area contributed by atoms with E-state index in [2.05, 4.69) is 31.4 Å². The van der Waals surface area contributed by atoms with E-state index in [0.29, 0.717) is 19.5 Å². The van der Waals surface area contributed by atoms with Gasteiger partial charge in [-0.25, -0.2) is 0 Å². The zero-order chi connectivity index (χ0) is 12.8. The van der Waals surface area contributed by atoms with Gasteiger partial charge in [-0.1, -0.05) is 13.8 Å². The third-order valence-corrected chi connectivity index (χ3v) is 2.29. The van der Waals surface area contributed by atoms with Crippen LogP contribution in [0, 0.1) is 5.92 Å². The van der Waals surface area contributed by atoms with Gasteiger partial charge in [0.25, 0.3) is 0 Å². The van der Waals surface area contributed by atoms with Crippen LogP contribution in [0.2, 0.25) is 0 Å². The zero-order valence-electron chi connectivity index (χ0n) is 11.1. The van der Waals surface area contributed by atoms with E-state index in [9.17, 15) is 9.90 Å². The Bertz CT molecular complexity index is 210. The molecule has 0 aromatic heterocycles. The summed E-state index contributed by atoms with van der Waals surface area (Å²) < 4.78 is 0. The van der Waals surface area contributed by atoms with Crippen molar-refractivity contribution < 1.29 is 9.90 Å². The Morgan fingerprint density at radius 2 is 1.88 bits per heavy atom. The van der Waals surface area contributed by atoms with E-state index in [4.69, 9.17) is 0 Å². The van der Waals surface area contributed by atoms with Gasteiger partial charge in [-0.2, -0.15) is 0 Å². The van der Waals surface area contributed by atoms with Crippen LogP contribution >= 0.6 is 0 Å². The first-order valence-corrected chi connectivity index (χ1v) is 5.92. The number of amides is 1. The summed E-state index contributed by atoms with van der Waals surface area (Å²) in [4.78, 5) is 11.4. The second-order valence-electron chi connectivity index (χ2n) is 5.54. The smallest absolute Gasteiger partial charge is 0.221 e. The molecule has 4 nitrogen and oxygen atoms in total. The van der Waals surface area contributed by atoms with Gasteiger partial charge >= 0.3 is 0 Å². The Kier molecular flexibility index (Phi) is 6.60. The molecule has 0 aromatic rings. The average molecular weight is 230 g/mol. The summed E-state index contributed by atoms with van der Waals surface area (Å²) in [7, 11) is 0. The Morgan fingerprint density at radius 1 is 1.31 bits per heavy atom. The molecule has 16 heavy (non-hydrogen) atoms. The number of aliphatic hydroxyl groups is 1. The Labute approximate surface area is 98.8 Å². The molecule has 0 saturated heterocycles. The molecule has 0 aromatic carbocycles. The fourth-order valence-corrected chi connectivity index (χ4v) is 1.09. The Hall–Kier alpha value is -0.610. The second kappa shape index (κ2) is 6.86. The largest absolute Gasteiger partial charge is 0.391 e. The summed E-state index contributed by atoms with van der Waals surface area (Å²) in [6.45, 7) is 11.0. The highest BCUT2D eigenvalue weighted by molar-refractivity contribution is 5.76. The molecule has 0 radical (unpaired) electrons. The molecule has 0 heterocycles. The van der Waals surface area contributed by atoms with Crippen molar-refractivity contribution >= 4 is 5.91 Å². The van der Waals surface area contributed by atoms with Crippen molar-refractivity contribution in [3.8, 4) is 0 Å². The van der Waals surface area contributed by atoms with E-state index in [1.54, 1.807) is 0 Å². The average Bonchev–Trinajstić information content (AvgIpc) is 2.11. The van der Waals surface area contributed by atoms with Crippen LogP contribution in [0.25, 0.3) is 0 Å². The second-order valence-corrected chi connectivity index (χ2v) is 5.54. The molecule has 1 amide bonds. The molecule has 1 unspecified atom stereocenters. The highest BCUT2D eigenvalue weighted by Gasteiger charge is 2.12. The van der Waals surface area contributed by atoms with E-state index in [0.717, 1.165) is 0 Å². The number of hydrogen-bond acceptors (Lipinski definition) is 3. The van der Waals surface area contributed by atoms with E-state index in [1.165, 1.54) is 0 Å².